The molecule has 0 unspecified atom stereocenters. The highest BCUT2D eigenvalue weighted by Gasteiger charge is 2.08. The molecule has 2 aromatic carbocycles. The minimum Gasteiger partial charge on any atom is -0.326 e. The number of hydrogen-bond acceptors (Lipinski definition) is 2. The molecule has 0 saturated carbocycles. The van der Waals surface area contributed by atoms with Crippen molar-refractivity contribution >= 4 is 23.2 Å². The van der Waals surface area contributed by atoms with Crippen LogP contribution in [0.1, 0.15) is 37.3 Å². The lowest BCUT2D eigenvalue weighted by molar-refractivity contribution is -0.116. The van der Waals surface area contributed by atoms with Crippen LogP contribution in [0.5, 0.6) is 0 Å². The van der Waals surface area contributed by atoms with Gasteiger partial charge in [0.05, 0.1) is 0 Å². The summed E-state index contributed by atoms with van der Waals surface area (Å²) < 4.78 is 0. The van der Waals surface area contributed by atoms with Crippen LogP contribution in [0.25, 0.3) is 0 Å². The van der Waals surface area contributed by atoms with E-state index in [2.05, 4.69) is 30.5 Å². The van der Waals surface area contributed by atoms with Gasteiger partial charge < -0.3 is 10.6 Å². The molecule has 0 aliphatic heterocycles. The van der Waals surface area contributed by atoms with E-state index in [0.717, 1.165) is 23.7 Å². The Bertz CT molecular complexity index is 653. The molecular formula is C20H25ClN2O. The highest BCUT2D eigenvalue weighted by atomic mass is 35.5. The molecule has 0 aromatic heterocycles. The van der Waals surface area contributed by atoms with Gasteiger partial charge >= 0.3 is 0 Å². The average Bonchev–Trinajstić information content (AvgIpc) is 2.56. The summed E-state index contributed by atoms with van der Waals surface area (Å²) in [5.74, 6) is 0.432. The molecule has 0 heterocycles. The van der Waals surface area contributed by atoms with Crippen LogP contribution in [0.4, 0.5) is 5.69 Å². The number of carbonyl (C=O) groups is 1. The third-order valence-corrected chi connectivity index (χ3v) is 4.14. The Hall–Kier alpha value is -1.84. The minimum absolute atomic E-state index is 0.0436. The van der Waals surface area contributed by atoms with E-state index in [1.54, 1.807) is 0 Å². The summed E-state index contributed by atoms with van der Waals surface area (Å²) in [5, 5.41) is 7.08. The molecule has 4 heteroatoms. The van der Waals surface area contributed by atoms with Crippen LogP contribution in [0, 0.1) is 0 Å². The smallest absolute Gasteiger partial charge is 0.225 e. The molecule has 2 aromatic rings. The van der Waals surface area contributed by atoms with Gasteiger partial charge in [-0.25, -0.2) is 0 Å². The lowest BCUT2D eigenvalue weighted by atomic mass is 10.0. The second-order valence-corrected chi connectivity index (χ2v) is 6.60. The Morgan fingerprint density at radius 2 is 1.75 bits per heavy atom. The molecule has 0 spiro atoms. The van der Waals surface area contributed by atoms with Crippen molar-refractivity contribution < 1.29 is 4.79 Å². The van der Waals surface area contributed by atoms with Crippen LogP contribution < -0.4 is 10.6 Å². The largest absolute Gasteiger partial charge is 0.326 e. The maximum Gasteiger partial charge on any atom is 0.225 e. The first kappa shape index (κ1) is 18.5. The molecule has 128 valence electrons. The Kier molecular flexibility index (Phi) is 7.29. The summed E-state index contributed by atoms with van der Waals surface area (Å²) in [6, 6.07) is 15.8. The summed E-state index contributed by atoms with van der Waals surface area (Å²) in [5.41, 5.74) is 3.32. The summed E-state index contributed by atoms with van der Waals surface area (Å²) in [6.45, 7) is 5.77. The number of benzene rings is 2. The summed E-state index contributed by atoms with van der Waals surface area (Å²) in [7, 11) is 0. The van der Waals surface area contributed by atoms with Crippen molar-refractivity contribution in [2.24, 2.45) is 0 Å². The van der Waals surface area contributed by atoms with Crippen LogP contribution in [-0.2, 0) is 11.2 Å². The van der Waals surface area contributed by atoms with Gasteiger partial charge in [0.1, 0.15) is 0 Å². The predicted molar refractivity (Wildman–Crippen MR) is 102 cm³/mol. The first-order valence-electron chi connectivity index (χ1n) is 8.40. The van der Waals surface area contributed by atoms with E-state index in [4.69, 9.17) is 11.6 Å². The highest BCUT2D eigenvalue weighted by Crippen LogP contribution is 2.23. The molecule has 0 aliphatic carbocycles. The van der Waals surface area contributed by atoms with Gasteiger partial charge in [-0.3, -0.25) is 4.79 Å². The maximum absolute atomic E-state index is 12.1. The van der Waals surface area contributed by atoms with E-state index < -0.39 is 0 Å². The normalized spacial score (nSPS) is 10.8. The fourth-order valence-electron chi connectivity index (χ4n) is 2.54. The van der Waals surface area contributed by atoms with Crippen molar-refractivity contribution in [1.82, 2.24) is 5.32 Å². The maximum atomic E-state index is 12.1. The molecule has 0 aliphatic rings. The molecule has 0 radical (unpaired) electrons. The molecule has 3 nitrogen and oxygen atoms in total. The zero-order valence-electron chi connectivity index (χ0n) is 14.3. The van der Waals surface area contributed by atoms with Crippen molar-refractivity contribution in [1.29, 1.82) is 0 Å². The van der Waals surface area contributed by atoms with E-state index in [-0.39, 0.29) is 5.91 Å². The van der Waals surface area contributed by atoms with Gasteiger partial charge in [0.2, 0.25) is 5.91 Å². The quantitative estimate of drug-likeness (QED) is 0.686. The van der Waals surface area contributed by atoms with Crippen molar-refractivity contribution in [2.45, 2.75) is 32.6 Å². The van der Waals surface area contributed by atoms with Crippen molar-refractivity contribution in [2.75, 3.05) is 18.4 Å². The van der Waals surface area contributed by atoms with Crippen LogP contribution in [0.15, 0.2) is 48.5 Å². The third kappa shape index (κ3) is 5.99. The van der Waals surface area contributed by atoms with Crippen LogP contribution >= 0.6 is 11.6 Å². The molecule has 0 fully saturated rings. The van der Waals surface area contributed by atoms with E-state index in [1.807, 2.05) is 42.5 Å². The molecule has 1 amide bonds. The summed E-state index contributed by atoms with van der Waals surface area (Å²) in [4.78, 5) is 12.1. The zero-order valence-corrected chi connectivity index (χ0v) is 15.1. The third-order valence-electron chi connectivity index (χ3n) is 3.89. The molecule has 2 N–H and O–H groups in total. The lowest BCUT2D eigenvalue weighted by Crippen LogP contribution is -2.24. The fraction of sp³-hybridized carbons (Fsp3) is 0.350. The van der Waals surface area contributed by atoms with E-state index in [9.17, 15) is 4.79 Å². The van der Waals surface area contributed by atoms with E-state index in [0.29, 0.717) is 18.9 Å². The number of nitrogens with one attached hydrogen (secondary N) is 2. The fourth-order valence-corrected chi connectivity index (χ4v) is 2.66. The highest BCUT2D eigenvalue weighted by molar-refractivity contribution is 6.30. The Morgan fingerprint density at radius 3 is 2.46 bits per heavy atom. The zero-order chi connectivity index (χ0) is 17.4. The van der Waals surface area contributed by atoms with Gasteiger partial charge in [-0.15, -0.1) is 0 Å². The summed E-state index contributed by atoms with van der Waals surface area (Å²) >= 11 is 5.87. The van der Waals surface area contributed by atoms with Crippen LogP contribution in [0.3, 0.4) is 0 Å². The Labute approximate surface area is 149 Å². The summed E-state index contributed by atoms with van der Waals surface area (Å²) in [6.07, 6.45) is 1.39. The second kappa shape index (κ2) is 9.45. The van der Waals surface area contributed by atoms with Crippen molar-refractivity contribution in [3.05, 3.63) is 64.7 Å². The predicted octanol–water partition coefficient (Wildman–Crippen LogP) is 4.62. The molecule has 24 heavy (non-hydrogen) atoms. The van der Waals surface area contributed by atoms with Gasteiger partial charge in [-0.2, -0.15) is 0 Å². The molecule has 2 rings (SSSR count). The van der Waals surface area contributed by atoms with Gasteiger partial charge in [0.15, 0.2) is 0 Å². The standard InChI is InChI=1S/C20H25ClN2O/c1-15(2)18-5-3-4-6-19(18)23-20(24)12-14-22-13-11-16-7-9-17(21)10-8-16/h3-10,15,22H,11-14H2,1-2H3,(H,23,24). The molecule has 0 saturated heterocycles. The lowest BCUT2D eigenvalue weighted by Gasteiger charge is -2.13. The Balaban J connectivity index is 1.69. The van der Waals surface area contributed by atoms with Crippen LogP contribution in [-0.4, -0.2) is 19.0 Å². The molecule has 0 bridgehead atoms. The number of carbonyl (C=O) groups excluding carboxylic acids is 1. The van der Waals surface area contributed by atoms with Crippen LogP contribution in [0.2, 0.25) is 5.02 Å². The minimum atomic E-state index is 0.0436. The first-order chi connectivity index (χ1) is 11.6. The number of rotatable bonds is 8. The second-order valence-electron chi connectivity index (χ2n) is 6.17. The van der Waals surface area contributed by atoms with E-state index >= 15 is 0 Å². The molecular weight excluding hydrogens is 320 g/mol. The average molecular weight is 345 g/mol. The topological polar surface area (TPSA) is 41.1 Å². The van der Waals surface area contributed by atoms with Gasteiger partial charge in [-0.1, -0.05) is 55.8 Å². The Morgan fingerprint density at radius 1 is 1.04 bits per heavy atom. The SMILES string of the molecule is CC(C)c1ccccc1NC(=O)CCNCCc1ccc(Cl)cc1. The number of anilines is 1. The first-order valence-corrected chi connectivity index (χ1v) is 8.78. The number of para-hydroxylation sites is 1. The number of hydrogen-bond donors (Lipinski definition) is 2. The van der Waals surface area contributed by atoms with Gasteiger partial charge in [0, 0.05) is 23.7 Å². The van der Waals surface area contributed by atoms with Gasteiger partial charge in [-0.05, 0) is 48.2 Å². The van der Waals surface area contributed by atoms with Crippen molar-refractivity contribution in [3.63, 3.8) is 0 Å². The van der Waals surface area contributed by atoms with Crippen molar-refractivity contribution in [3.8, 4) is 0 Å². The molecule has 0 atom stereocenters. The monoisotopic (exact) mass is 344 g/mol. The number of amides is 1. The van der Waals surface area contributed by atoms with E-state index in [1.165, 1.54) is 11.1 Å². The van der Waals surface area contributed by atoms with Gasteiger partial charge in [0.25, 0.3) is 0 Å². The number of halogens is 1.